The Morgan fingerprint density at radius 2 is 2.12 bits per heavy atom. The lowest BCUT2D eigenvalue weighted by atomic mass is 9.84. The van der Waals surface area contributed by atoms with Crippen LogP contribution in [0.2, 0.25) is 5.02 Å². The number of benzene rings is 1. The lowest BCUT2D eigenvalue weighted by molar-refractivity contribution is 0.0749. The van der Waals surface area contributed by atoms with Crippen molar-refractivity contribution >= 4 is 23.2 Å². The molecule has 1 aromatic heterocycles. The quantitative estimate of drug-likeness (QED) is 0.804. The zero-order chi connectivity index (χ0) is 18.3. The molecule has 0 spiro atoms. The Balaban J connectivity index is 1.73. The first-order valence-corrected chi connectivity index (χ1v) is 9.53. The summed E-state index contributed by atoms with van der Waals surface area (Å²) in [6.07, 6.45) is 9.61. The number of piperidine rings is 1. The maximum Gasteiger partial charge on any atom is 0.261 e. The second-order valence-electron chi connectivity index (χ2n) is 7.12. The van der Waals surface area contributed by atoms with E-state index in [-0.39, 0.29) is 5.91 Å². The fraction of sp³-hybridized carbons (Fsp3) is 0.400. The molecule has 1 amide bonds. The van der Waals surface area contributed by atoms with E-state index in [0.717, 1.165) is 30.6 Å². The summed E-state index contributed by atoms with van der Waals surface area (Å²) in [4.78, 5) is 15.4. The molecule has 1 unspecified atom stereocenters. The van der Waals surface area contributed by atoms with Gasteiger partial charge in [0.05, 0.1) is 28.2 Å². The van der Waals surface area contributed by atoms with Crippen LogP contribution in [0, 0.1) is 5.92 Å². The molecule has 2 aromatic rings. The fourth-order valence-corrected chi connectivity index (χ4v) is 4.29. The van der Waals surface area contributed by atoms with Crippen LogP contribution in [0.3, 0.4) is 0 Å². The van der Waals surface area contributed by atoms with Crippen molar-refractivity contribution in [3.8, 4) is 11.3 Å². The van der Waals surface area contributed by atoms with E-state index >= 15 is 0 Å². The van der Waals surface area contributed by atoms with Crippen LogP contribution in [0.4, 0.5) is 5.69 Å². The number of allylic oxidation sites excluding steroid dienone is 2. The second kappa shape index (κ2) is 6.80. The first kappa shape index (κ1) is 17.2. The summed E-state index contributed by atoms with van der Waals surface area (Å²) >= 11 is 6.05. The topological polar surface area (TPSA) is 64.2 Å². The zero-order valence-corrected chi connectivity index (χ0v) is 15.7. The number of halogens is 1. The molecule has 5 nitrogen and oxygen atoms in total. The van der Waals surface area contributed by atoms with Gasteiger partial charge in [-0.15, -0.1) is 0 Å². The summed E-state index contributed by atoms with van der Waals surface area (Å²) in [6.45, 7) is 0.776. The molecular formula is C20H23ClN4O. The third kappa shape index (κ3) is 2.90. The first-order valence-electron chi connectivity index (χ1n) is 9.15. The Kier molecular flexibility index (Phi) is 4.49. The number of hydrogen-bond donors (Lipinski definition) is 1. The standard InChI is InChI=1S/C20H23ClN4O/c1-24-19(14-8-9-16(21)17(22)11-14)15(12-23-24)20(26)25-10-4-6-13-5-2-3-7-18(13)25/h7-9,11-13H,2-6,10,22H2,1H3. The Hall–Kier alpha value is -2.27. The summed E-state index contributed by atoms with van der Waals surface area (Å²) < 4.78 is 1.73. The molecule has 4 rings (SSSR count). The van der Waals surface area contributed by atoms with Gasteiger partial charge in [0.15, 0.2) is 0 Å². The molecule has 0 saturated carbocycles. The molecule has 2 N–H and O–H groups in total. The summed E-state index contributed by atoms with van der Waals surface area (Å²) in [5, 5.41) is 4.85. The summed E-state index contributed by atoms with van der Waals surface area (Å²) in [5.74, 6) is 0.548. The van der Waals surface area contributed by atoms with Crippen molar-refractivity contribution in [1.82, 2.24) is 14.7 Å². The van der Waals surface area contributed by atoms with E-state index in [1.54, 1.807) is 23.0 Å². The summed E-state index contributed by atoms with van der Waals surface area (Å²) in [7, 11) is 1.84. The third-order valence-electron chi connectivity index (χ3n) is 5.46. The Morgan fingerprint density at radius 1 is 1.31 bits per heavy atom. The first-order chi connectivity index (χ1) is 12.6. The molecule has 26 heavy (non-hydrogen) atoms. The van der Waals surface area contributed by atoms with Gasteiger partial charge in [0.1, 0.15) is 0 Å². The average Bonchev–Trinajstić information content (AvgIpc) is 3.04. The number of nitrogens with zero attached hydrogens (tertiary/aromatic N) is 3. The molecule has 2 aliphatic rings. The van der Waals surface area contributed by atoms with Crippen LogP contribution in [0.15, 0.2) is 36.2 Å². The number of carbonyl (C=O) groups is 1. The van der Waals surface area contributed by atoms with Crippen LogP contribution < -0.4 is 5.73 Å². The van der Waals surface area contributed by atoms with E-state index in [2.05, 4.69) is 11.2 Å². The highest BCUT2D eigenvalue weighted by molar-refractivity contribution is 6.33. The molecule has 1 atom stereocenters. The largest absolute Gasteiger partial charge is 0.398 e. The predicted octanol–water partition coefficient (Wildman–Crippen LogP) is 4.24. The van der Waals surface area contributed by atoms with Gasteiger partial charge in [-0.05, 0) is 50.2 Å². The van der Waals surface area contributed by atoms with Crippen molar-refractivity contribution in [2.45, 2.75) is 32.1 Å². The van der Waals surface area contributed by atoms with Gasteiger partial charge in [-0.25, -0.2) is 0 Å². The number of rotatable bonds is 2. The number of hydrogen-bond acceptors (Lipinski definition) is 3. The van der Waals surface area contributed by atoms with Gasteiger partial charge in [0, 0.05) is 24.9 Å². The number of likely N-dealkylation sites (tertiary alicyclic amines) is 1. The molecule has 6 heteroatoms. The number of anilines is 1. The van der Waals surface area contributed by atoms with Gasteiger partial charge < -0.3 is 10.6 Å². The number of aryl methyl sites for hydroxylation is 1. The van der Waals surface area contributed by atoms with E-state index in [9.17, 15) is 4.79 Å². The number of carbonyl (C=O) groups excluding carboxylic acids is 1. The van der Waals surface area contributed by atoms with E-state index in [1.165, 1.54) is 25.0 Å². The predicted molar refractivity (Wildman–Crippen MR) is 104 cm³/mol. The molecule has 1 saturated heterocycles. The van der Waals surface area contributed by atoms with Crippen molar-refractivity contribution in [1.29, 1.82) is 0 Å². The van der Waals surface area contributed by atoms with Crippen LogP contribution >= 0.6 is 11.6 Å². The van der Waals surface area contributed by atoms with E-state index in [4.69, 9.17) is 17.3 Å². The molecule has 0 bridgehead atoms. The number of nitrogens with two attached hydrogens (primary N) is 1. The molecule has 1 fully saturated rings. The highest BCUT2D eigenvalue weighted by atomic mass is 35.5. The molecule has 1 aliphatic heterocycles. The lowest BCUT2D eigenvalue weighted by Crippen LogP contribution is -2.39. The normalized spacial score (nSPS) is 19.8. The number of aromatic nitrogens is 2. The smallest absolute Gasteiger partial charge is 0.261 e. The monoisotopic (exact) mass is 370 g/mol. The van der Waals surface area contributed by atoms with E-state index in [1.807, 2.05) is 18.0 Å². The number of amides is 1. The van der Waals surface area contributed by atoms with Crippen molar-refractivity contribution in [2.24, 2.45) is 13.0 Å². The van der Waals surface area contributed by atoms with Crippen molar-refractivity contribution in [2.75, 3.05) is 12.3 Å². The SMILES string of the molecule is Cn1ncc(C(=O)N2CCCC3CCCC=C32)c1-c1ccc(Cl)c(N)c1. The Morgan fingerprint density at radius 3 is 2.92 bits per heavy atom. The fourth-order valence-electron chi connectivity index (χ4n) is 4.17. The van der Waals surface area contributed by atoms with E-state index in [0.29, 0.717) is 22.2 Å². The Labute approximate surface area is 158 Å². The van der Waals surface area contributed by atoms with E-state index < -0.39 is 0 Å². The van der Waals surface area contributed by atoms with Gasteiger partial charge >= 0.3 is 0 Å². The number of nitrogen functional groups attached to an aromatic ring is 1. The van der Waals surface area contributed by atoms with Crippen LogP contribution in [-0.4, -0.2) is 27.1 Å². The summed E-state index contributed by atoms with van der Waals surface area (Å²) in [6, 6.07) is 5.44. The minimum Gasteiger partial charge on any atom is -0.398 e. The average molecular weight is 371 g/mol. The maximum absolute atomic E-state index is 13.4. The van der Waals surface area contributed by atoms with Crippen LogP contribution in [0.1, 0.15) is 42.5 Å². The molecular weight excluding hydrogens is 348 g/mol. The highest BCUT2D eigenvalue weighted by Gasteiger charge is 2.32. The van der Waals surface area contributed by atoms with Crippen molar-refractivity contribution in [3.63, 3.8) is 0 Å². The van der Waals surface area contributed by atoms with Crippen LogP contribution in [-0.2, 0) is 7.05 Å². The van der Waals surface area contributed by atoms with Crippen LogP contribution in [0.5, 0.6) is 0 Å². The lowest BCUT2D eigenvalue weighted by Gasteiger charge is -2.38. The third-order valence-corrected chi connectivity index (χ3v) is 5.80. The molecule has 1 aromatic carbocycles. The van der Waals surface area contributed by atoms with Crippen molar-refractivity contribution in [3.05, 3.63) is 46.8 Å². The highest BCUT2D eigenvalue weighted by Crippen LogP contribution is 2.37. The van der Waals surface area contributed by atoms with Gasteiger partial charge in [0.25, 0.3) is 5.91 Å². The second-order valence-corrected chi connectivity index (χ2v) is 7.53. The van der Waals surface area contributed by atoms with Gasteiger partial charge in [0.2, 0.25) is 0 Å². The minimum absolute atomic E-state index is 0.0273. The molecule has 136 valence electrons. The molecule has 0 radical (unpaired) electrons. The molecule has 2 heterocycles. The minimum atomic E-state index is 0.0273. The zero-order valence-electron chi connectivity index (χ0n) is 14.9. The Bertz CT molecular complexity index is 886. The van der Waals surface area contributed by atoms with Crippen molar-refractivity contribution < 1.29 is 4.79 Å². The molecule has 1 aliphatic carbocycles. The van der Waals surface area contributed by atoms with Gasteiger partial charge in [-0.3, -0.25) is 9.48 Å². The number of fused-ring (bicyclic) bond motifs is 1. The maximum atomic E-state index is 13.4. The van der Waals surface area contributed by atoms with Crippen LogP contribution in [0.25, 0.3) is 11.3 Å². The van der Waals surface area contributed by atoms with Gasteiger partial charge in [-0.1, -0.05) is 23.7 Å². The summed E-state index contributed by atoms with van der Waals surface area (Å²) in [5.41, 5.74) is 9.91. The van der Waals surface area contributed by atoms with Gasteiger partial charge in [-0.2, -0.15) is 5.10 Å².